The number of methoxy groups -OCH3 is 1. The number of ether oxygens (including phenoxy) is 1. The quantitative estimate of drug-likeness (QED) is 0.0838. The number of carbonyl (C=O) groups is 2. The average Bonchev–Trinajstić information content (AvgIpc) is 3.47. The summed E-state index contributed by atoms with van der Waals surface area (Å²) in [5, 5.41) is 6.35. The molecule has 0 radical (unpaired) electrons. The maximum Gasteiger partial charge on any atom is 0.233 e. The predicted molar refractivity (Wildman–Crippen MR) is 302 cm³/mol. The number of aromatic nitrogens is 5. The van der Waals surface area contributed by atoms with Gasteiger partial charge in [0.15, 0.2) is 0 Å². The molecule has 2 atom stereocenters. The second-order valence-corrected chi connectivity index (χ2v) is 19.5. The summed E-state index contributed by atoms with van der Waals surface area (Å²) in [5.41, 5.74) is 11.0. The first-order valence-corrected chi connectivity index (χ1v) is 26.2. The van der Waals surface area contributed by atoms with Gasteiger partial charge in [0.25, 0.3) is 0 Å². The van der Waals surface area contributed by atoms with Crippen LogP contribution in [0.25, 0.3) is 44.3 Å². The Morgan fingerprint density at radius 3 is 1.42 bits per heavy atom. The smallest absolute Gasteiger partial charge is 0.233 e. The Kier molecular flexibility index (Phi) is 15.3. The molecule has 2 aliphatic heterocycles. The van der Waals surface area contributed by atoms with Gasteiger partial charge < -0.3 is 25.2 Å². The number of anilines is 4. The standard InChI is InChI=1S/C62H61N11O3/c1-76-38-10-29-70-30-34-72(35-31-70)57-41-64-53-26-20-48(39-55(53)68-57)44-16-22-50(23-17-44)66-61(74)59(46-11-4-2-5-12-46)60(47-13-6-3-7-14-47)62(75)67-51-24-18-45(19-25-51)49-21-27-54-56(40-49)69-58(42-65-54)73-36-32-71(33-37-73)43-52-15-8-9-28-63-52/h2-9,11-28,39-42,59-60H,10,29-38,43H2,1H3,(H,66,74)(H,67,75). The third-order valence-electron chi connectivity index (χ3n) is 14.6. The van der Waals surface area contributed by atoms with Gasteiger partial charge in [0, 0.05) is 96.7 Å². The highest BCUT2D eigenvalue weighted by molar-refractivity contribution is 6.05. The largest absolute Gasteiger partial charge is 0.385 e. The molecule has 9 aromatic rings. The van der Waals surface area contributed by atoms with Crippen LogP contribution in [0.5, 0.6) is 0 Å². The maximum atomic E-state index is 14.8. The summed E-state index contributed by atoms with van der Waals surface area (Å²) in [6, 6.07) is 53.0. The number of rotatable bonds is 17. The minimum atomic E-state index is -0.868. The number of carbonyl (C=O) groups excluding carboxylic acids is 2. The van der Waals surface area contributed by atoms with E-state index in [-0.39, 0.29) is 11.8 Å². The fourth-order valence-corrected chi connectivity index (χ4v) is 10.4. The molecule has 14 heteroatoms. The molecule has 2 aliphatic rings. The van der Waals surface area contributed by atoms with Crippen molar-refractivity contribution in [1.29, 1.82) is 0 Å². The molecule has 0 spiro atoms. The van der Waals surface area contributed by atoms with Crippen molar-refractivity contribution < 1.29 is 14.3 Å². The van der Waals surface area contributed by atoms with Crippen molar-refractivity contribution in [1.82, 2.24) is 34.7 Å². The van der Waals surface area contributed by atoms with Crippen LogP contribution in [0.15, 0.2) is 182 Å². The third-order valence-corrected chi connectivity index (χ3v) is 14.6. The molecule has 76 heavy (non-hydrogen) atoms. The van der Waals surface area contributed by atoms with Crippen LogP contribution in [0, 0.1) is 0 Å². The van der Waals surface area contributed by atoms with Gasteiger partial charge in [-0.05, 0) is 100 Å². The van der Waals surface area contributed by atoms with Crippen molar-refractivity contribution in [2.45, 2.75) is 24.8 Å². The maximum absolute atomic E-state index is 14.8. The molecule has 2 fully saturated rings. The molecule has 2 saturated heterocycles. The summed E-state index contributed by atoms with van der Waals surface area (Å²) in [6.45, 7) is 9.96. The van der Waals surface area contributed by atoms with E-state index in [2.05, 4.69) is 53.4 Å². The number of amides is 2. The predicted octanol–water partition coefficient (Wildman–Crippen LogP) is 9.93. The van der Waals surface area contributed by atoms with Gasteiger partial charge in [-0.2, -0.15) is 0 Å². The van der Waals surface area contributed by atoms with Crippen LogP contribution in [-0.2, 0) is 20.9 Å². The fourth-order valence-electron chi connectivity index (χ4n) is 10.4. The van der Waals surface area contributed by atoms with Gasteiger partial charge >= 0.3 is 0 Å². The third kappa shape index (κ3) is 11.7. The Hall–Kier alpha value is -8.43. The lowest BCUT2D eigenvalue weighted by molar-refractivity contribution is -0.124. The number of hydrogen-bond acceptors (Lipinski definition) is 12. The normalized spacial score (nSPS) is 15.1. The van der Waals surface area contributed by atoms with Crippen LogP contribution < -0.4 is 20.4 Å². The van der Waals surface area contributed by atoms with E-state index in [0.29, 0.717) is 11.4 Å². The topological polar surface area (TPSA) is 145 Å². The van der Waals surface area contributed by atoms with Crippen LogP contribution in [0.1, 0.15) is 35.1 Å². The molecule has 2 N–H and O–H groups in total. The summed E-state index contributed by atoms with van der Waals surface area (Å²) in [4.78, 5) is 63.2. The van der Waals surface area contributed by atoms with Gasteiger partial charge in [-0.25, -0.2) is 9.97 Å². The molecule has 14 nitrogen and oxygen atoms in total. The monoisotopic (exact) mass is 1010 g/mol. The second-order valence-electron chi connectivity index (χ2n) is 19.5. The van der Waals surface area contributed by atoms with Crippen molar-refractivity contribution >= 4 is 56.9 Å². The van der Waals surface area contributed by atoms with Crippen molar-refractivity contribution in [2.24, 2.45) is 0 Å². The first-order valence-electron chi connectivity index (χ1n) is 26.2. The minimum Gasteiger partial charge on any atom is -0.385 e. The number of nitrogens with zero attached hydrogens (tertiary/aromatic N) is 9. The lowest BCUT2D eigenvalue weighted by atomic mass is 9.80. The number of piperazine rings is 2. The van der Waals surface area contributed by atoms with Crippen molar-refractivity contribution in [3.05, 3.63) is 199 Å². The van der Waals surface area contributed by atoms with Crippen molar-refractivity contribution in [2.75, 3.05) is 93.1 Å². The molecule has 0 aliphatic carbocycles. The zero-order chi connectivity index (χ0) is 51.6. The molecule has 382 valence electrons. The molecule has 0 bridgehead atoms. The Morgan fingerprint density at radius 2 is 0.961 bits per heavy atom. The van der Waals surface area contributed by atoms with Gasteiger partial charge in [0.05, 0.1) is 52.0 Å². The van der Waals surface area contributed by atoms with Crippen LogP contribution >= 0.6 is 0 Å². The molecule has 2 amide bonds. The Balaban J connectivity index is 0.773. The minimum absolute atomic E-state index is 0.298. The highest BCUT2D eigenvalue weighted by Gasteiger charge is 2.37. The molecule has 0 saturated carbocycles. The molecule has 2 unspecified atom stereocenters. The van der Waals surface area contributed by atoms with Crippen LogP contribution in [-0.4, -0.2) is 119 Å². The molecular formula is C62H61N11O3. The Labute approximate surface area is 443 Å². The summed E-state index contributed by atoms with van der Waals surface area (Å²) in [7, 11) is 1.75. The van der Waals surface area contributed by atoms with E-state index in [1.807, 2.05) is 164 Å². The molecule has 3 aromatic heterocycles. The highest BCUT2D eigenvalue weighted by atomic mass is 16.5. The first kappa shape index (κ1) is 49.8. The van der Waals surface area contributed by atoms with E-state index >= 15 is 0 Å². The summed E-state index contributed by atoms with van der Waals surface area (Å²) >= 11 is 0. The van der Waals surface area contributed by atoms with Crippen LogP contribution in [0.4, 0.5) is 23.0 Å². The van der Waals surface area contributed by atoms with Gasteiger partial charge in [-0.3, -0.25) is 34.3 Å². The summed E-state index contributed by atoms with van der Waals surface area (Å²) in [5.74, 6) is -0.583. The lowest BCUT2D eigenvalue weighted by Crippen LogP contribution is -2.47. The van der Waals surface area contributed by atoms with Gasteiger partial charge in [0.2, 0.25) is 11.8 Å². The van der Waals surface area contributed by atoms with Gasteiger partial charge in [-0.15, -0.1) is 0 Å². The number of benzene rings is 6. The van der Waals surface area contributed by atoms with E-state index in [1.54, 1.807) is 7.11 Å². The molecular weight excluding hydrogens is 947 g/mol. The Bertz CT molecular complexity index is 3390. The molecule has 11 rings (SSSR count). The van der Waals surface area contributed by atoms with Crippen molar-refractivity contribution in [3.8, 4) is 22.3 Å². The molecule has 6 aromatic carbocycles. The number of nitrogens with one attached hydrogen (secondary N) is 2. The van der Waals surface area contributed by atoms with Gasteiger partial charge in [0.1, 0.15) is 11.6 Å². The summed E-state index contributed by atoms with van der Waals surface area (Å²) in [6.07, 6.45) is 6.62. The van der Waals surface area contributed by atoms with Gasteiger partial charge in [-0.1, -0.05) is 103 Å². The average molecular weight is 1010 g/mol. The van der Waals surface area contributed by atoms with E-state index in [9.17, 15) is 9.59 Å². The highest BCUT2D eigenvalue weighted by Crippen LogP contribution is 2.37. The van der Waals surface area contributed by atoms with E-state index in [0.717, 1.165) is 151 Å². The van der Waals surface area contributed by atoms with Crippen LogP contribution in [0.2, 0.25) is 0 Å². The van der Waals surface area contributed by atoms with E-state index in [4.69, 9.17) is 24.7 Å². The molecule has 5 heterocycles. The van der Waals surface area contributed by atoms with Crippen LogP contribution in [0.3, 0.4) is 0 Å². The second kappa shape index (κ2) is 23.4. The van der Waals surface area contributed by atoms with E-state index in [1.165, 1.54) is 0 Å². The SMILES string of the molecule is COCCCN1CCN(c2cnc3ccc(-c4ccc(NC(=O)C(c5ccccc5)C(C(=O)Nc5ccc(-c6ccc7ncc(N8CCN(Cc9ccccn9)CC8)nc7c6)cc5)c5ccccc5)cc4)cc3n2)CC1. The number of fused-ring (bicyclic) bond motifs is 2. The lowest BCUT2D eigenvalue weighted by Gasteiger charge is -2.35. The van der Waals surface area contributed by atoms with Crippen molar-refractivity contribution in [3.63, 3.8) is 0 Å². The summed E-state index contributed by atoms with van der Waals surface area (Å²) < 4.78 is 5.24. The number of pyridine rings is 1. The Morgan fingerprint density at radius 1 is 0.500 bits per heavy atom. The zero-order valence-corrected chi connectivity index (χ0v) is 42.7. The fraction of sp³-hybridized carbons (Fsp3) is 0.242. The first-order chi connectivity index (χ1) is 37.4. The van der Waals surface area contributed by atoms with E-state index < -0.39 is 11.8 Å². The zero-order valence-electron chi connectivity index (χ0n) is 42.7. The number of hydrogen-bond donors (Lipinski definition) is 2.